The molecule has 1 fully saturated rings. The largest absolute Gasteiger partial charge is 0.346 e. The smallest absolute Gasteiger partial charge is 0.173 e. The van der Waals surface area contributed by atoms with E-state index in [1.807, 2.05) is 0 Å². The van der Waals surface area contributed by atoms with Crippen LogP contribution in [-0.2, 0) is 0 Å². The van der Waals surface area contributed by atoms with Gasteiger partial charge in [0, 0.05) is 18.7 Å². The number of anilines is 1. The van der Waals surface area contributed by atoms with Gasteiger partial charge in [0.25, 0.3) is 0 Å². The molecule has 2 rings (SSSR count). The van der Waals surface area contributed by atoms with E-state index in [0.29, 0.717) is 11.2 Å². The van der Waals surface area contributed by atoms with Crippen molar-refractivity contribution in [2.45, 2.75) is 32.2 Å². The number of nitrogens with zero attached hydrogens (tertiary/aromatic N) is 1. The molecule has 5 heteroatoms. The minimum absolute atomic E-state index is 0.221. The SMILES string of the molecule is CC1CCCCN1C(=S)Nc1ccc(F)cc1F. The third-order valence-electron chi connectivity index (χ3n) is 3.24. The zero-order chi connectivity index (χ0) is 13.1. The zero-order valence-electron chi connectivity index (χ0n) is 10.2. The van der Waals surface area contributed by atoms with E-state index in [-0.39, 0.29) is 5.69 Å². The molecule has 98 valence electrons. The summed E-state index contributed by atoms with van der Waals surface area (Å²) in [6, 6.07) is 3.80. The monoisotopic (exact) mass is 270 g/mol. The van der Waals surface area contributed by atoms with Gasteiger partial charge in [0.05, 0.1) is 5.69 Å². The van der Waals surface area contributed by atoms with E-state index >= 15 is 0 Å². The van der Waals surface area contributed by atoms with Crippen molar-refractivity contribution in [3.05, 3.63) is 29.8 Å². The lowest BCUT2D eigenvalue weighted by Gasteiger charge is -2.35. The summed E-state index contributed by atoms with van der Waals surface area (Å²) >= 11 is 5.28. The molecular formula is C13H16F2N2S. The predicted molar refractivity (Wildman–Crippen MR) is 72.6 cm³/mol. The molecule has 1 aromatic rings. The molecule has 0 spiro atoms. The molecule has 1 unspecified atom stereocenters. The molecular weight excluding hydrogens is 254 g/mol. The van der Waals surface area contributed by atoms with Gasteiger partial charge in [-0.3, -0.25) is 0 Å². The maximum atomic E-state index is 13.5. The van der Waals surface area contributed by atoms with Crippen molar-refractivity contribution >= 4 is 23.0 Å². The molecule has 0 radical (unpaired) electrons. The van der Waals surface area contributed by atoms with Gasteiger partial charge in [-0.2, -0.15) is 0 Å². The van der Waals surface area contributed by atoms with Gasteiger partial charge in [0.2, 0.25) is 0 Å². The van der Waals surface area contributed by atoms with Crippen LogP contribution >= 0.6 is 12.2 Å². The molecule has 0 aromatic heterocycles. The van der Waals surface area contributed by atoms with Crippen LogP contribution in [0.2, 0.25) is 0 Å². The van der Waals surface area contributed by atoms with E-state index in [1.165, 1.54) is 18.6 Å². The highest BCUT2D eigenvalue weighted by Crippen LogP contribution is 2.20. The van der Waals surface area contributed by atoms with Crippen molar-refractivity contribution in [1.82, 2.24) is 4.90 Å². The minimum atomic E-state index is -0.623. The third-order valence-corrected chi connectivity index (χ3v) is 3.57. The van der Waals surface area contributed by atoms with Crippen LogP contribution in [0, 0.1) is 11.6 Å². The van der Waals surface area contributed by atoms with Gasteiger partial charge in [-0.15, -0.1) is 0 Å². The van der Waals surface area contributed by atoms with E-state index in [2.05, 4.69) is 17.1 Å². The van der Waals surface area contributed by atoms with Gasteiger partial charge < -0.3 is 10.2 Å². The van der Waals surface area contributed by atoms with Crippen molar-refractivity contribution in [3.63, 3.8) is 0 Å². The van der Waals surface area contributed by atoms with E-state index < -0.39 is 11.6 Å². The first-order chi connectivity index (χ1) is 8.58. The number of rotatable bonds is 1. The Morgan fingerprint density at radius 1 is 1.39 bits per heavy atom. The van der Waals surface area contributed by atoms with Crippen LogP contribution in [-0.4, -0.2) is 22.6 Å². The molecule has 2 nitrogen and oxygen atoms in total. The topological polar surface area (TPSA) is 15.3 Å². The number of likely N-dealkylation sites (tertiary alicyclic amines) is 1. The number of hydrogen-bond acceptors (Lipinski definition) is 1. The van der Waals surface area contributed by atoms with Crippen LogP contribution in [0.5, 0.6) is 0 Å². The first kappa shape index (κ1) is 13.2. The summed E-state index contributed by atoms with van der Waals surface area (Å²) in [5.74, 6) is -1.21. The van der Waals surface area contributed by atoms with Crippen LogP contribution in [0.15, 0.2) is 18.2 Å². The molecule has 0 saturated carbocycles. The van der Waals surface area contributed by atoms with Crippen molar-refractivity contribution in [2.24, 2.45) is 0 Å². The Balaban J connectivity index is 2.06. The molecule has 1 heterocycles. The number of benzene rings is 1. The maximum Gasteiger partial charge on any atom is 0.173 e. The second kappa shape index (κ2) is 5.61. The maximum absolute atomic E-state index is 13.5. The summed E-state index contributed by atoms with van der Waals surface area (Å²) in [7, 11) is 0. The predicted octanol–water partition coefficient (Wildman–Crippen LogP) is 3.54. The van der Waals surface area contributed by atoms with Crippen LogP contribution in [0.1, 0.15) is 26.2 Å². The molecule has 0 amide bonds. The van der Waals surface area contributed by atoms with E-state index in [0.717, 1.165) is 25.5 Å². The second-order valence-corrected chi connectivity index (χ2v) is 4.98. The van der Waals surface area contributed by atoms with Gasteiger partial charge in [0.1, 0.15) is 11.6 Å². The first-order valence-corrected chi connectivity index (χ1v) is 6.51. The van der Waals surface area contributed by atoms with Crippen molar-refractivity contribution < 1.29 is 8.78 Å². The number of hydrogen-bond donors (Lipinski definition) is 1. The van der Waals surface area contributed by atoms with Crippen LogP contribution in [0.3, 0.4) is 0 Å². The quantitative estimate of drug-likeness (QED) is 0.786. The van der Waals surface area contributed by atoms with Gasteiger partial charge in [0.15, 0.2) is 5.11 Å². The summed E-state index contributed by atoms with van der Waals surface area (Å²) < 4.78 is 26.3. The summed E-state index contributed by atoms with van der Waals surface area (Å²) in [4.78, 5) is 2.06. The highest BCUT2D eigenvalue weighted by Gasteiger charge is 2.21. The fraction of sp³-hybridized carbons (Fsp3) is 0.462. The fourth-order valence-electron chi connectivity index (χ4n) is 2.18. The Bertz CT molecular complexity index is 451. The molecule has 18 heavy (non-hydrogen) atoms. The first-order valence-electron chi connectivity index (χ1n) is 6.10. The summed E-state index contributed by atoms with van der Waals surface area (Å²) in [5.41, 5.74) is 0.221. The zero-order valence-corrected chi connectivity index (χ0v) is 11.1. The average Bonchev–Trinajstić information content (AvgIpc) is 2.33. The second-order valence-electron chi connectivity index (χ2n) is 4.59. The normalized spacial score (nSPS) is 19.7. The average molecular weight is 270 g/mol. The molecule has 1 aromatic carbocycles. The minimum Gasteiger partial charge on any atom is -0.346 e. The summed E-state index contributed by atoms with van der Waals surface area (Å²) in [5, 5.41) is 3.36. The lowest BCUT2D eigenvalue weighted by Crippen LogP contribution is -2.44. The van der Waals surface area contributed by atoms with Crippen LogP contribution < -0.4 is 5.32 Å². The molecule has 0 aliphatic carbocycles. The van der Waals surface area contributed by atoms with E-state index in [4.69, 9.17) is 12.2 Å². The van der Waals surface area contributed by atoms with E-state index in [1.54, 1.807) is 0 Å². The Labute approximate surface area is 111 Å². The molecule has 1 aliphatic rings. The molecule has 0 bridgehead atoms. The van der Waals surface area contributed by atoms with Crippen molar-refractivity contribution in [3.8, 4) is 0 Å². The standard InChI is InChI=1S/C13H16F2N2S/c1-9-4-2-3-7-17(9)13(18)16-12-6-5-10(14)8-11(12)15/h5-6,8-9H,2-4,7H2,1H3,(H,16,18). The Kier molecular flexibility index (Phi) is 4.11. The van der Waals surface area contributed by atoms with Crippen molar-refractivity contribution in [1.29, 1.82) is 0 Å². The molecule has 1 N–H and O–H groups in total. The van der Waals surface area contributed by atoms with E-state index in [9.17, 15) is 8.78 Å². The molecule has 1 saturated heterocycles. The van der Waals surface area contributed by atoms with Gasteiger partial charge in [-0.1, -0.05) is 0 Å². The lowest BCUT2D eigenvalue weighted by molar-refractivity contribution is 0.262. The Morgan fingerprint density at radius 3 is 2.83 bits per heavy atom. The Morgan fingerprint density at radius 2 is 2.17 bits per heavy atom. The highest BCUT2D eigenvalue weighted by atomic mass is 32.1. The number of halogens is 2. The number of nitrogens with one attached hydrogen (secondary N) is 1. The van der Waals surface area contributed by atoms with Gasteiger partial charge in [-0.25, -0.2) is 8.78 Å². The molecule has 1 aliphatic heterocycles. The van der Waals surface area contributed by atoms with Crippen LogP contribution in [0.4, 0.5) is 14.5 Å². The fourth-order valence-corrected chi connectivity index (χ4v) is 2.56. The molecule has 1 atom stereocenters. The summed E-state index contributed by atoms with van der Waals surface area (Å²) in [6.45, 7) is 2.99. The van der Waals surface area contributed by atoms with Gasteiger partial charge in [-0.05, 0) is 50.5 Å². The summed E-state index contributed by atoms with van der Waals surface area (Å²) in [6.07, 6.45) is 3.39. The van der Waals surface area contributed by atoms with Gasteiger partial charge >= 0.3 is 0 Å². The van der Waals surface area contributed by atoms with Crippen LogP contribution in [0.25, 0.3) is 0 Å². The lowest BCUT2D eigenvalue weighted by atomic mass is 10.0. The van der Waals surface area contributed by atoms with Crippen molar-refractivity contribution in [2.75, 3.05) is 11.9 Å². The third kappa shape index (κ3) is 2.96. The Hall–Kier alpha value is -1.23. The number of piperidine rings is 1. The number of thiocarbonyl (C=S) groups is 1. The highest BCUT2D eigenvalue weighted by molar-refractivity contribution is 7.80.